The standard InChI is InChI=1S/C11H16N2O3/c1-2-15-11(14)9-6-7-13(12-9)10-5-3-4-8-16-10/h6-7,10H,2-5,8H2,1H3. The van der Waals surface area contributed by atoms with E-state index < -0.39 is 0 Å². The van der Waals surface area contributed by atoms with Gasteiger partial charge in [0, 0.05) is 12.8 Å². The number of carbonyl (C=O) groups excluding carboxylic acids is 1. The Labute approximate surface area is 94.3 Å². The zero-order valence-corrected chi connectivity index (χ0v) is 9.39. The summed E-state index contributed by atoms with van der Waals surface area (Å²) in [5, 5.41) is 4.17. The third-order valence-corrected chi connectivity index (χ3v) is 2.54. The quantitative estimate of drug-likeness (QED) is 0.734. The zero-order valence-electron chi connectivity index (χ0n) is 9.39. The van der Waals surface area contributed by atoms with Crippen LogP contribution >= 0.6 is 0 Å². The molecular formula is C11H16N2O3. The highest BCUT2D eigenvalue weighted by molar-refractivity contribution is 5.86. The van der Waals surface area contributed by atoms with E-state index in [9.17, 15) is 4.79 Å². The largest absolute Gasteiger partial charge is 0.461 e. The Morgan fingerprint density at radius 3 is 3.25 bits per heavy atom. The molecule has 88 valence electrons. The first-order valence-electron chi connectivity index (χ1n) is 5.65. The minimum atomic E-state index is -0.378. The molecule has 0 aliphatic carbocycles. The SMILES string of the molecule is CCOC(=O)c1ccn(C2CCCCO2)n1. The first-order valence-corrected chi connectivity index (χ1v) is 5.65. The number of esters is 1. The molecular weight excluding hydrogens is 208 g/mol. The Kier molecular flexibility index (Phi) is 3.56. The second kappa shape index (κ2) is 5.12. The summed E-state index contributed by atoms with van der Waals surface area (Å²) in [5.41, 5.74) is 0.344. The van der Waals surface area contributed by atoms with Crippen LogP contribution in [0.15, 0.2) is 12.3 Å². The summed E-state index contributed by atoms with van der Waals surface area (Å²) in [5.74, 6) is -0.378. The number of aromatic nitrogens is 2. The van der Waals surface area contributed by atoms with Crippen LogP contribution in [-0.4, -0.2) is 29.0 Å². The summed E-state index contributed by atoms with van der Waals surface area (Å²) in [6.07, 6.45) is 4.92. The molecule has 0 amide bonds. The van der Waals surface area contributed by atoms with E-state index in [1.807, 2.05) is 0 Å². The van der Waals surface area contributed by atoms with Crippen molar-refractivity contribution < 1.29 is 14.3 Å². The molecule has 1 saturated heterocycles. The number of carbonyl (C=O) groups is 1. The Bertz CT molecular complexity index is 356. The van der Waals surface area contributed by atoms with Crippen LogP contribution in [0.3, 0.4) is 0 Å². The van der Waals surface area contributed by atoms with Gasteiger partial charge in [0.15, 0.2) is 5.69 Å². The number of ether oxygens (including phenoxy) is 2. The summed E-state index contributed by atoms with van der Waals surface area (Å²) >= 11 is 0. The van der Waals surface area contributed by atoms with Crippen LogP contribution in [-0.2, 0) is 9.47 Å². The molecule has 0 saturated carbocycles. The van der Waals surface area contributed by atoms with Crippen molar-refractivity contribution in [3.8, 4) is 0 Å². The topological polar surface area (TPSA) is 53.4 Å². The van der Waals surface area contributed by atoms with E-state index in [0.717, 1.165) is 25.9 Å². The highest BCUT2D eigenvalue weighted by Crippen LogP contribution is 2.21. The van der Waals surface area contributed by atoms with Crippen LogP contribution in [0.25, 0.3) is 0 Å². The maximum absolute atomic E-state index is 11.4. The Hall–Kier alpha value is -1.36. The Morgan fingerprint density at radius 1 is 1.69 bits per heavy atom. The van der Waals surface area contributed by atoms with Crippen molar-refractivity contribution in [1.29, 1.82) is 0 Å². The van der Waals surface area contributed by atoms with Gasteiger partial charge in [-0.15, -0.1) is 0 Å². The molecule has 5 heteroatoms. The van der Waals surface area contributed by atoms with Crippen molar-refractivity contribution in [2.24, 2.45) is 0 Å². The van der Waals surface area contributed by atoms with Crippen LogP contribution in [0.5, 0.6) is 0 Å². The van der Waals surface area contributed by atoms with Crippen LogP contribution in [0.4, 0.5) is 0 Å². The summed E-state index contributed by atoms with van der Waals surface area (Å²) < 4.78 is 12.1. The predicted octanol–water partition coefficient (Wildman–Crippen LogP) is 1.76. The minimum absolute atomic E-state index is 0.0306. The van der Waals surface area contributed by atoms with Gasteiger partial charge in [0.1, 0.15) is 6.23 Å². The zero-order chi connectivity index (χ0) is 11.4. The van der Waals surface area contributed by atoms with Crippen molar-refractivity contribution in [2.75, 3.05) is 13.2 Å². The molecule has 1 aromatic heterocycles. The molecule has 1 unspecified atom stereocenters. The molecule has 16 heavy (non-hydrogen) atoms. The summed E-state index contributed by atoms with van der Waals surface area (Å²) in [4.78, 5) is 11.4. The molecule has 2 rings (SSSR count). The molecule has 1 aliphatic rings. The smallest absolute Gasteiger partial charge is 0.358 e. The second-order valence-corrected chi connectivity index (χ2v) is 3.72. The Morgan fingerprint density at radius 2 is 2.56 bits per heavy atom. The highest BCUT2D eigenvalue weighted by Gasteiger charge is 2.18. The highest BCUT2D eigenvalue weighted by atomic mass is 16.5. The van der Waals surface area contributed by atoms with E-state index in [1.165, 1.54) is 0 Å². The normalized spacial score (nSPS) is 20.7. The van der Waals surface area contributed by atoms with Gasteiger partial charge in [-0.25, -0.2) is 9.48 Å². The second-order valence-electron chi connectivity index (χ2n) is 3.72. The van der Waals surface area contributed by atoms with Gasteiger partial charge in [0.25, 0.3) is 0 Å². The fraction of sp³-hybridized carbons (Fsp3) is 0.636. The summed E-state index contributed by atoms with van der Waals surface area (Å²) in [6, 6.07) is 1.66. The van der Waals surface area contributed by atoms with E-state index in [4.69, 9.17) is 9.47 Å². The van der Waals surface area contributed by atoms with Crippen molar-refractivity contribution in [3.63, 3.8) is 0 Å². The van der Waals surface area contributed by atoms with Gasteiger partial charge in [0.05, 0.1) is 6.61 Å². The van der Waals surface area contributed by atoms with Crippen LogP contribution in [0, 0.1) is 0 Å². The number of hydrogen-bond acceptors (Lipinski definition) is 4. The molecule has 0 N–H and O–H groups in total. The lowest BCUT2D eigenvalue weighted by molar-refractivity contribution is -0.0397. The molecule has 1 aliphatic heterocycles. The first kappa shape index (κ1) is 11.1. The molecule has 0 aromatic carbocycles. The maximum atomic E-state index is 11.4. The van der Waals surface area contributed by atoms with Crippen LogP contribution in [0.1, 0.15) is 42.9 Å². The van der Waals surface area contributed by atoms with Crippen molar-refractivity contribution >= 4 is 5.97 Å². The molecule has 1 aromatic rings. The lowest BCUT2D eigenvalue weighted by Gasteiger charge is -2.22. The van der Waals surface area contributed by atoms with Gasteiger partial charge in [0.2, 0.25) is 0 Å². The fourth-order valence-electron chi connectivity index (χ4n) is 1.74. The summed E-state index contributed by atoms with van der Waals surface area (Å²) in [7, 11) is 0. The van der Waals surface area contributed by atoms with Gasteiger partial charge in [-0.1, -0.05) is 0 Å². The lowest BCUT2D eigenvalue weighted by atomic mass is 10.2. The number of nitrogens with zero attached hydrogens (tertiary/aromatic N) is 2. The third kappa shape index (κ3) is 2.41. The van der Waals surface area contributed by atoms with E-state index in [1.54, 1.807) is 23.9 Å². The predicted molar refractivity (Wildman–Crippen MR) is 57.0 cm³/mol. The molecule has 1 atom stereocenters. The first-order chi connectivity index (χ1) is 7.81. The number of hydrogen-bond donors (Lipinski definition) is 0. The summed E-state index contributed by atoms with van der Waals surface area (Å²) in [6.45, 7) is 2.91. The van der Waals surface area contributed by atoms with E-state index >= 15 is 0 Å². The van der Waals surface area contributed by atoms with Crippen molar-refractivity contribution in [2.45, 2.75) is 32.4 Å². The molecule has 0 bridgehead atoms. The molecule has 5 nitrogen and oxygen atoms in total. The minimum Gasteiger partial charge on any atom is -0.461 e. The maximum Gasteiger partial charge on any atom is 0.358 e. The molecule has 2 heterocycles. The van der Waals surface area contributed by atoms with Crippen LogP contribution < -0.4 is 0 Å². The van der Waals surface area contributed by atoms with Crippen molar-refractivity contribution in [3.05, 3.63) is 18.0 Å². The molecule has 1 fully saturated rings. The van der Waals surface area contributed by atoms with Crippen molar-refractivity contribution in [1.82, 2.24) is 9.78 Å². The van der Waals surface area contributed by atoms with Gasteiger partial charge in [-0.05, 0) is 32.3 Å². The van der Waals surface area contributed by atoms with Crippen LogP contribution in [0.2, 0.25) is 0 Å². The van der Waals surface area contributed by atoms with E-state index in [0.29, 0.717) is 12.3 Å². The number of rotatable bonds is 3. The van der Waals surface area contributed by atoms with Gasteiger partial charge < -0.3 is 9.47 Å². The monoisotopic (exact) mass is 224 g/mol. The average molecular weight is 224 g/mol. The Balaban J connectivity index is 2.03. The van der Waals surface area contributed by atoms with Gasteiger partial charge >= 0.3 is 5.97 Å². The third-order valence-electron chi connectivity index (χ3n) is 2.54. The lowest BCUT2D eigenvalue weighted by Crippen LogP contribution is -2.19. The average Bonchev–Trinajstić information content (AvgIpc) is 2.80. The van der Waals surface area contributed by atoms with Gasteiger partial charge in [-0.3, -0.25) is 0 Å². The van der Waals surface area contributed by atoms with E-state index in [2.05, 4.69) is 5.10 Å². The molecule has 0 spiro atoms. The van der Waals surface area contributed by atoms with Gasteiger partial charge in [-0.2, -0.15) is 5.10 Å². The molecule has 0 radical (unpaired) electrons. The van der Waals surface area contributed by atoms with E-state index in [-0.39, 0.29) is 12.2 Å². The fourth-order valence-corrected chi connectivity index (χ4v) is 1.74.